The van der Waals surface area contributed by atoms with Crippen molar-refractivity contribution >= 4 is 5.91 Å². The van der Waals surface area contributed by atoms with E-state index in [-0.39, 0.29) is 12.0 Å². The van der Waals surface area contributed by atoms with Crippen LogP contribution in [0.4, 0.5) is 0 Å². The molecule has 0 saturated carbocycles. The predicted molar refractivity (Wildman–Crippen MR) is 104 cm³/mol. The molecule has 1 N–H and O–H groups in total. The highest BCUT2D eigenvalue weighted by Gasteiger charge is 2.29. The highest BCUT2D eigenvalue weighted by atomic mass is 16.5. The van der Waals surface area contributed by atoms with Gasteiger partial charge in [0.25, 0.3) is 5.91 Å². The quantitative estimate of drug-likeness (QED) is 0.682. The maximum atomic E-state index is 12.9. The smallest absolute Gasteiger partial charge is 0.272 e. The number of rotatable bonds is 6. The Balaban J connectivity index is 1.47. The first kappa shape index (κ1) is 18.7. The second-order valence-corrected chi connectivity index (χ2v) is 6.57. The van der Waals surface area contributed by atoms with Crippen LogP contribution >= 0.6 is 0 Å². The fourth-order valence-electron chi connectivity index (χ4n) is 3.28. The number of hydrogen-bond donors (Lipinski definition) is 1. The summed E-state index contributed by atoms with van der Waals surface area (Å²) in [5.74, 6) is 1.66. The van der Waals surface area contributed by atoms with E-state index < -0.39 is 0 Å². The lowest BCUT2D eigenvalue weighted by atomic mass is 10.1. The fourth-order valence-corrected chi connectivity index (χ4v) is 3.28. The van der Waals surface area contributed by atoms with E-state index in [1.807, 2.05) is 12.1 Å². The molecule has 1 aliphatic rings. The van der Waals surface area contributed by atoms with Crippen molar-refractivity contribution in [1.82, 2.24) is 25.3 Å². The van der Waals surface area contributed by atoms with Crippen LogP contribution in [0.1, 0.15) is 16.9 Å². The molecular formula is C20H21N5O4. The lowest BCUT2D eigenvalue weighted by Gasteiger charge is -2.15. The van der Waals surface area contributed by atoms with Gasteiger partial charge < -0.3 is 19.1 Å². The second kappa shape index (κ2) is 8.17. The van der Waals surface area contributed by atoms with E-state index in [2.05, 4.69) is 20.4 Å². The normalized spacial score (nSPS) is 15.9. The van der Waals surface area contributed by atoms with Crippen molar-refractivity contribution in [3.05, 3.63) is 48.3 Å². The van der Waals surface area contributed by atoms with E-state index in [0.29, 0.717) is 41.9 Å². The van der Waals surface area contributed by atoms with Gasteiger partial charge in [0.1, 0.15) is 23.3 Å². The van der Waals surface area contributed by atoms with Crippen LogP contribution in [0.2, 0.25) is 0 Å². The third-order valence-electron chi connectivity index (χ3n) is 4.76. The number of aromatic nitrogens is 4. The van der Waals surface area contributed by atoms with Gasteiger partial charge in [0.05, 0.1) is 26.5 Å². The average Bonchev–Trinajstić information content (AvgIpc) is 3.43. The zero-order chi connectivity index (χ0) is 20.2. The van der Waals surface area contributed by atoms with Crippen LogP contribution in [0.3, 0.4) is 0 Å². The number of H-pyrrole nitrogens is 1. The molecule has 0 radical (unpaired) electrons. The average molecular weight is 395 g/mol. The molecule has 3 heterocycles. The molecule has 0 spiro atoms. The number of nitrogens with zero attached hydrogens (tertiary/aromatic N) is 4. The topological polar surface area (TPSA) is 102 Å². The fraction of sp³-hybridized carbons (Fsp3) is 0.300. The summed E-state index contributed by atoms with van der Waals surface area (Å²) in [6.45, 7) is 1.08. The van der Waals surface area contributed by atoms with Crippen molar-refractivity contribution in [3.8, 4) is 28.6 Å². The van der Waals surface area contributed by atoms with Gasteiger partial charge in [0.2, 0.25) is 5.88 Å². The van der Waals surface area contributed by atoms with Crippen LogP contribution in [0.15, 0.2) is 42.6 Å². The van der Waals surface area contributed by atoms with Crippen LogP contribution < -0.4 is 14.2 Å². The Morgan fingerprint density at radius 1 is 1.21 bits per heavy atom. The number of likely N-dealkylation sites (tertiary alicyclic amines) is 1. The van der Waals surface area contributed by atoms with Gasteiger partial charge in [-0.25, -0.2) is 0 Å². The Morgan fingerprint density at radius 3 is 2.86 bits per heavy atom. The van der Waals surface area contributed by atoms with Gasteiger partial charge in [-0.2, -0.15) is 10.2 Å². The molecule has 0 aliphatic carbocycles. The Kier molecular flexibility index (Phi) is 5.28. The van der Waals surface area contributed by atoms with E-state index in [4.69, 9.17) is 14.2 Å². The standard InChI is InChI=1S/C20H21N5O4/c1-27-13-5-6-18(28-2)15(10-13)16-11-17(23-22-16)20(26)25-9-7-14(12-25)29-19-4-3-8-21-24-19/h3-6,8,10-11,14H,7,9,12H2,1-2H3,(H,22,23). The van der Waals surface area contributed by atoms with Crippen LogP contribution in [0.5, 0.6) is 17.4 Å². The maximum absolute atomic E-state index is 12.9. The van der Waals surface area contributed by atoms with E-state index >= 15 is 0 Å². The molecule has 1 fully saturated rings. The summed E-state index contributed by atoms with van der Waals surface area (Å²) >= 11 is 0. The molecule has 1 saturated heterocycles. The molecule has 1 unspecified atom stereocenters. The molecule has 150 valence electrons. The molecule has 0 bridgehead atoms. The van der Waals surface area contributed by atoms with Gasteiger partial charge >= 0.3 is 0 Å². The van der Waals surface area contributed by atoms with E-state index in [1.54, 1.807) is 49.6 Å². The summed E-state index contributed by atoms with van der Waals surface area (Å²) in [6, 6.07) is 10.7. The third kappa shape index (κ3) is 3.98. The minimum absolute atomic E-state index is 0.114. The first-order valence-corrected chi connectivity index (χ1v) is 9.19. The maximum Gasteiger partial charge on any atom is 0.272 e. The van der Waals surface area contributed by atoms with Gasteiger partial charge in [-0.05, 0) is 30.3 Å². The third-order valence-corrected chi connectivity index (χ3v) is 4.76. The van der Waals surface area contributed by atoms with Crippen molar-refractivity contribution in [3.63, 3.8) is 0 Å². The molecule has 1 atom stereocenters. The predicted octanol–water partition coefficient (Wildman–Crippen LogP) is 2.18. The minimum atomic E-state index is -0.129. The van der Waals surface area contributed by atoms with Crippen molar-refractivity contribution in [2.24, 2.45) is 0 Å². The van der Waals surface area contributed by atoms with Gasteiger partial charge in [0, 0.05) is 30.8 Å². The Hall–Kier alpha value is -3.62. The van der Waals surface area contributed by atoms with E-state index in [0.717, 1.165) is 12.0 Å². The van der Waals surface area contributed by atoms with Gasteiger partial charge in [-0.1, -0.05) is 0 Å². The Labute approximate surface area is 167 Å². The number of hydrogen-bond acceptors (Lipinski definition) is 7. The molecule has 1 amide bonds. The Bertz CT molecular complexity index is 992. The zero-order valence-corrected chi connectivity index (χ0v) is 16.2. The van der Waals surface area contributed by atoms with Crippen LogP contribution in [-0.2, 0) is 0 Å². The van der Waals surface area contributed by atoms with Crippen LogP contribution in [0, 0.1) is 0 Å². The summed E-state index contributed by atoms with van der Waals surface area (Å²) in [7, 11) is 3.18. The molecule has 3 aromatic rings. The number of amides is 1. The Morgan fingerprint density at radius 2 is 2.10 bits per heavy atom. The van der Waals surface area contributed by atoms with Gasteiger partial charge in [0.15, 0.2) is 0 Å². The summed E-state index contributed by atoms with van der Waals surface area (Å²) < 4.78 is 16.5. The SMILES string of the molecule is COc1ccc(OC)c(-c2cc(C(=O)N3CCC(Oc4cccnn4)C3)[nH]n2)c1. The highest BCUT2D eigenvalue weighted by molar-refractivity contribution is 5.93. The molecule has 9 nitrogen and oxygen atoms in total. The first-order valence-electron chi connectivity index (χ1n) is 9.19. The number of aromatic amines is 1. The van der Waals surface area contributed by atoms with Crippen LogP contribution in [-0.4, -0.2) is 64.6 Å². The lowest BCUT2D eigenvalue weighted by molar-refractivity contribution is 0.0765. The molecular weight excluding hydrogens is 374 g/mol. The van der Waals surface area contributed by atoms with Crippen molar-refractivity contribution < 1.29 is 19.0 Å². The number of carbonyl (C=O) groups excluding carboxylic acids is 1. The highest BCUT2D eigenvalue weighted by Crippen LogP contribution is 2.32. The monoisotopic (exact) mass is 395 g/mol. The second-order valence-electron chi connectivity index (χ2n) is 6.57. The van der Waals surface area contributed by atoms with E-state index in [9.17, 15) is 4.79 Å². The number of methoxy groups -OCH3 is 2. The summed E-state index contributed by atoms with van der Waals surface area (Å²) in [5.41, 5.74) is 1.76. The van der Waals surface area contributed by atoms with Crippen LogP contribution in [0.25, 0.3) is 11.3 Å². The molecule has 1 aromatic carbocycles. The number of benzene rings is 1. The van der Waals surface area contributed by atoms with E-state index in [1.165, 1.54) is 0 Å². The summed E-state index contributed by atoms with van der Waals surface area (Å²) in [5, 5.41) is 14.8. The number of ether oxygens (including phenoxy) is 3. The molecule has 2 aromatic heterocycles. The molecule has 9 heteroatoms. The molecule has 29 heavy (non-hydrogen) atoms. The number of carbonyl (C=O) groups is 1. The summed E-state index contributed by atoms with van der Waals surface area (Å²) in [6.07, 6.45) is 2.20. The van der Waals surface area contributed by atoms with Gasteiger partial charge in [-0.3, -0.25) is 9.89 Å². The molecule has 1 aliphatic heterocycles. The van der Waals surface area contributed by atoms with Crippen molar-refractivity contribution in [1.29, 1.82) is 0 Å². The lowest BCUT2D eigenvalue weighted by Crippen LogP contribution is -2.31. The zero-order valence-electron chi connectivity index (χ0n) is 16.2. The number of nitrogens with one attached hydrogen (secondary N) is 1. The summed E-state index contributed by atoms with van der Waals surface area (Å²) in [4.78, 5) is 14.6. The van der Waals surface area contributed by atoms with Crippen molar-refractivity contribution in [2.45, 2.75) is 12.5 Å². The van der Waals surface area contributed by atoms with Crippen molar-refractivity contribution in [2.75, 3.05) is 27.3 Å². The minimum Gasteiger partial charge on any atom is -0.497 e. The van der Waals surface area contributed by atoms with Gasteiger partial charge in [-0.15, -0.1) is 5.10 Å². The molecule has 4 rings (SSSR count). The first-order chi connectivity index (χ1) is 14.2. The largest absolute Gasteiger partial charge is 0.497 e.